The van der Waals surface area contributed by atoms with Crippen LogP contribution in [0.2, 0.25) is 0 Å². The van der Waals surface area contributed by atoms with Crippen molar-refractivity contribution in [1.82, 2.24) is 5.32 Å². The van der Waals surface area contributed by atoms with E-state index in [1.165, 1.54) is 20.3 Å². The predicted molar refractivity (Wildman–Crippen MR) is 111 cm³/mol. The number of esters is 2. The Morgan fingerprint density at radius 2 is 1.97 bits per heavy atom. The molecular weight excluding hydrogens is 402 g/mol. The molecule has 0 saturated carbocycles. The molecule has 0 amide bonds. The molecule has 1 aromatic rings. The first-order chi connectivity index (χ1) is 14.7. The Hall–Kier alpha value is -3.29. The van der Waals surface area contributed by atoms with Crippen LogP contribution in [0.4, 0.5) is 0 Å². The number of aromatic hydroxyl groups is 1. The standard InChI is InChI=1S/C23H27NO7/c1-6-31-23(28)18-12(3)24-14-9-11(2)17(22(27)30-5)21(26)20(14)19(18)13-7-8-15(25)16(10-13)29-4/h7-8,10-11,17,19,24-25H,6,9H2,1-5H3. The van der Waals surface area contributed by atoms with Crippen molar-refractivity contribution in [3.05, 3.63) is 46.3 Å². The van der Waals surface area contributed by atoms with Gasteiger partial charge in [-0.05, 0) is 43.9 Å². The second-order valence-corrected chi connectivity index (χ2v) is 7.69. The summed E-state index contributed by atoms with van der Waals surface area (Å²) in [6.45, 7) is 5.45. The molecule has 1 aliphatic heterocycles. The summed E-state index contributed by atoms with van der Waals surface area (Å²) >= 11 is 0. The number of hydrogen-bond donors (Lipinski definition) is 2. The maximum atomic E-state index is 13.6. The molecule has 0 bridgehead atoms. The van der Waals surface area contributed by atoms with Gasteiger partial charge in [-0.15, -0.1) is 0 Å². The van der Waals surface area contributed by atoms with Crippen LogP contribution in [0, 0.1) is 11.8 Å². The van der Waals surface area contributed by atoms with Gasteiger partial charge in [0.15, 0.2) is 17.3 Å². The Labute approximate surface area is 180 Å². The summed E-state index contributed by atoms with van der Waals surface area (Å²) in [7, 11) is 2.67. The molecule has 166 valence electrons. The number of Topliss-reactive ketones (excluding diaryl/α,β-unsaturated/α-hetero) is 1. The van der Waals surface area contributed by atoms with Gasteiger partial charge >= 0.3 is 11.9 Å². The molecular formula is C23H27NO7. The molecule has 3 rings (SSSR count). The molecule has 0 radical (unpaired) electrons. The zero-order valence-electron chi connectivity index (χ0n) is 18.3. The van der Waals surface area contributed by atoms with E-state index >= 15 is 0 Å². The Morgan fingerprint density at radius 3 is 2.58 bits per heavy atom. The number of benzene rings is 1. The topological polar surface area (TPSA) is 111 Å². The molecule has 0 saturated heterocycles. The Balaban J connectivity index is 2.22. The van der Waals surface area contributed by atoms with Gasteiger partial charge in [-0.25, -0.2) is 4.79 Å². The molecule has 31 heavy (non-hydrogen) atoms. The largest absolute Gasteiger partial charge is 0.504 e. The van der Waals surface area contributed by atoms with Crippen LogP contribution in [0.3, 0.4) is 0 Å². The summed E-state index contributed by atoms with van der Waals surface area (Å²) in [6.07, 6.45) is 0.444. The number of phenolic OH excluding ortho intramolecular Hbond substituents is 1. The summed E-state index contributed by atoms with van der Waals surface area (Å²) < 4.78 is 15.4. The first-order valence-corrected chi connectivity index (χ1v) is 10.1. The van der Waals surface area contributed by atoms with Gasteiger partial charge in [0.2, 0.25) is 0 Å². The van der Waals surface area contributed by atoms with Crippen molar-refractivity contribution in [2.24, 2.45) is 11.8 Å². The Kier molecular flexibility index (Phi) is 6.38. The summed E-state index contributed by atoms with van der Waals surface area (Å²) in [6, 6.07) is 4.66. The van der Waals surface area contributed by atoms with Gasteiger partial charge in [-0.1, -0.05) is 13.0 Å². The average molecular weight is 429 g/mol. The molecule has 2 aliphatic rings. The highest BCUT2D eigenvalue weighted by molar-refractivity contribution is 6.12. The Bertz CT molecular complexity index is 992. The second-order valence-electron chi connectivity index (χ2n) is 7.69. The summed E-state index contributed by atoms with van der Waals surface area (Å²) in [5.74, 6) is -3.42. The highest BCUT2D eigenvalue weighted by atomic mass is 16.5. The molecule has 0 spiro atoms. The number of rotatable bonds is 5. The summed E-state index contributed by atoms with van der Waals surface area (Å²) in [4.78, 5) is 38.8. The van der Waals surface area contributed by atoms with Crippen molar-refractivity contribution in [2.75, 3.05) is 20.8 Å². The molecule has 0 fully saturated rings. The minimum absolute atomic E-state index is 0.0659. The van der Waals surface area contributed by atoms with Crippen LogP contribution in [0.5, 0.6) is 11.5 Å². The van der Waals surface area contributed by atoms with Crippen molar-refractivity contribution < 1.29 is 33.7 Å². The number of ketones is 1. The normalized spacial score (nSPS) is 23.1. The van der Waals surface area contributed by atoms with Gasteiger partial charge in [0.25, 0.3) is 0 Å². The summed E-state index contributed by atoms with van der Waals surface area (Å²) in [5.41, 5.74) is 2.42. The third-order valence-corrected chi connectivity index (χ3v) is 5.78. The number of hydrogen-bond acceptors (Lipinski definition) is 8. The van der Waals surface area contributed by atoms with E-state index in [1.807, 2.05) is 6.92 Å². The molecule has 3 atom stereocenters. The van der Waals surface area contributed by atoms with Crippen LogP contribution in [-0.4, -0.2) is 43.7 Å². The predicted octanol–water partition coefficient (Wildman–Crippen LogP) is 2.58. The van der Waals surface area contributed by atoms with Crippen molar-refractivity contribution in [1.29, 1.82) is 0 Å². The number of allylic oxidation sites excluding steroid dienone is 3. The monoisotopic (exact) mass is 429 g/mol. The first kappa shape index (κ1) is 22.4. The van der Waals surface area contributed by atoms with E-state index in [1.54, 1.807) is 26.0 Å². The summed E-state index contributed by atoms with van der Waals surface area (Å²) in [5, 5.41) is 13.2. The minimum atomic E-state index is -0.964. The lowest BCUT2D eigenvalue weighted by Crippen LogP contribution is -2.43. The third-order valence-electron chi connectivity index (χ3n) is 5.78. The van der Waals surface area contributed by atoms with Crippen LogP contribution in [0.15, 0.2) is 40.7 Å². The number of nitrogens with one attached hydrogen (secondary N) is 1. The van der Waals surface area contributed by atoms with Crippen molar-refractivity contribution in [3.63, 3.8) is 0 Å². The SMILES string of the molecule is CCOC(=O)C1=C(C)NC2=C(C(=O)C(C(=O)OC)C(C)C2)C1c1ccc(O)c(OC)c1. The highest BCUT2D eigenvalue weighted by Gasteiger charge is 2.47. The third kappa shape index (κ3) is 3.89. The van der Waals surface area contributed by atoms with E-state index in [9.17, 15) is 19.5 Å². The fraction of sp³-hybridized carbons (Fsp3) is 0.435. The number of ether oxygens (including phenoxy) is 3. The number of phenols is 1. The number of carbonyl (C=O) groups is 3. The zero-order valence-corrected chi connectivity index (χ0v) is 18.3. The first-order valence-electron chi connectivity index (χ1n) is 10.1. The number of dihydropyridines is 1. The fourth-order valence-electron chi connectivity index (χ4n) is 4.37. The molecule has 2 N–H and O–H groups in total. The fourth-order valence-corrected chi connectivity index (χ4v) is 4.37. The van der Waals surface area contributed by atoms with Crippen LogP contribution in [-0.2, 0) is 23.9 Å². The van der Waals surface area contributed by atoms with E-state index in [4.69, 9.17) is 14.2 Å². The molecule has 1 aromatic carbocycles. The van der Waals surface area contributed by atoms with Crippen LogP contribution < -0.4 is 10.1 Å². The molecule has 1 heterocycles. The van der Waals surface area contributed by atoms with Crippen molar-refractivity contribution in [2.45, 2.75) is 33.1 Å². The van der Waals surface area contributed by atoms with E-state index in [2.05, 4.69) is 5.32 Å². The van der Waals surface area contributed by atoms with Gasteiger partial charge in [-0.2, -0.15) is 0 Å². The molecule has 0 aromatic heterocycles. The van der Waals surface area contributed by atoms with Crippen LogP contribution in [0.25, 0.3) is 0 Å². The molecule has 1 aliphatic carbocycles. The van der Waals surface area contributed by atoms with E-state index < -0.39 is 23.8 Å². The van der Waals surface area contributed by atoms with Crippen LogP contribution in [0.1, 0.15) is 38.7 Å². The lowest BCUT2D eigenvalue weighted by Gasteiger charge is -2.38. The lowest BCUT2D eigenvalue weighted by molar-refractivity contribution is -0.151. The quantitative estimate of drug-likeness (QED) is 0.543. The van der Waals surface area contributed by atoms with Gasteiger partial charge in [0.05, 0.1) is 26.4 Å². The Morgan fingerprint density at radius 1 is 1.26 bits per heavy atom. The van der Waals surface area contributed by atoms with E-state index in [0.717, 1.165) is 0 Å². The number of methoxy groups -OCH3 is 2. The molecule has 8 nitrogen and oxygen atoms in total. The number of carbonyl (C=O) groups excluding carboxylic acids is 3. The van der Waals surface area contributed by atoms with Gasteiger partial charge in [0, 0.05) is 22.9 Å². The zero-order chi connectivity index (χ0) is 22.9. The van der Waals surface area contributed by atoms with E-state index in [0.29, 0.717) is 29.0 Å². The van der Waals surface area contributed by atoms with Gasteiger partial charge in [0.1, 0.15) is 5.92 Å². The maximum absolute atomic E-state index is 13.6. The van der Waals surface area contributed by atoms with Crippen LogP contribution >= 0.6 is 0 Å². The molecule has 3 unspecified atom stereocenters. The lowest BCUT2D eigenvalue weighted by atomic mass is 9.69. The average Bonchev–Trinajstić information content (AvgIpc) is 2.73. The smallest absolute Gasteiger partial charge is 0.336 e. The molecule has 8 heteroatoms. The van der Waals surface area contributed by atoms with Crippen molar-refractivity contribution in [3.8, 4) is 11.5 Å². The second kappa shape index (κ2) is 8.83. The van der Waals surface area contributed by atoms with E-state index in [-0.39, 0.29) is 35.4 Å². The van der Waals surface area contributed by atoms with Crippen molar-refractivity contribution >= 4 is 17.7 Å². The van der Waals surface area contributed by atoms with Gasteiger partial charge in [-0.3, -0.25) is 9.59 Å². The van der Waals surface area contributed by atoms with Gasteiger partial charge < -0.3 is 24.6 Å². The minimum Gasteiger partial charge on any atom is -0.504 e. The highest BCUT2D eigenvalue weighted by Crippen LogP contribution is 2.46. The maximum Gasteiger partial charge on any atom is 0.336 e.